The molecule has 1 aromatic carbocycles. The van der Waals surface area contributed by atoms with Gasteiger partial charge in [-0.1, -0.05) is 18.2 Å². The van der Waals surface area contributed by atoms with Crippen molar-refractivity contribution in [2.45, 2.75) is 25.0 Å². The van der Waals surface area contributed by atoms with Gasteiger partial charge in [-0.05, 0) is 11.6 Å². The van der Waals surface area contributed by atoms with Gasteiger partial charge in [-0.2, -0.15) is 0 Å². The summed E-state index contributed by atoms with van der Waals surface area (Å²) in [7, 11) is 1.91. The molecule has 0 bridgehead atoms. The Hall–Kier alpha value is -1.59. The van der Waals surface area contributed by atoms with E-state index in [4.69, 9.17) is 4.74 Å². The Morgan fingerprint density at radius 2 is 2.33 bits per heavy atom. The van der Waals surface area contributed by atoms with Crippen LogP contribution in [0, 0.1) is 0 Å². The summed E-state index contributed by atoms with van der Waals surface area (Å²) in [6.45, 7) is 3.08. The Morgan fingerprint density at radius 3 is 3.14 bits per heavy atom. The fourth-order valence-corrected chi connectivity index (χ4v) is 4.18. The molecule has 21 heavy (non-hydrogen) atoms. The number of nitrogens with zero attached hydrogens (tertiary/aromatic N) is 2. The molecule has 1 N–H and O–H groups in total. The van der Waals surface area contributed by atoms with Gasteiger partial charge in [0.1, 0.15) is 11.4 Å². The average molecular weight is 301 g/mol. The van der Waals surface area contributed by atoms with Crippen LogP contribution in [-0.4, -0.2) is 35.6 Å². The van der Waals surface area contributed by atoms with Crippen LogP contribution in [0.5, 0.6) is 5.75 Å². The fraction of sp³-hybridized carbons (Fsp3) is 0.438. The molecule has 1 unspecified atom stereocenters. The molecule has 4 nitrogen and oxygen atoms in total. The lowest BCUT2D eigenvalue weighted by Gasteiger charge is -2.23. The highest BCUT2D eigenvalue weighted by Crippen LogP contribution is 2.40. The Balaban J connectivity index is 1.44. The van der Waals surface area contributed by atoms with Crippen LogP contribution >= 0.6 is 11.3 Å². The number of para-hydroxylation sites is 1. The number of nitrogens with one attached hydrogen (secondary N) is 1. The van der Waals surface area contributed by atoms with Gasteiger partial charge in [-0.25, -0.2) is 4.98 Å². The molecule has 0 aliphatic carbocycles. The fourth-order valence-electron chi connectivity index (χ4n) is 3.37. The van der Waals surface area contributed by atoms with Crippen molar-refractivity contribution < 1.29 is 4.74 Å². The molecule has 1 spiro atoms. The number of benzene rings is 1. The number of likely N-dealkylation sites (tertiary alicyclic amines) is 1. The SMILES string of the molecule is CNc1ncc(CN2CCC3(Cc4ccccc4O3)C2)s1. The summed E-state index contributed by atoms with van der Waals surface area (Å²) in [6, 6.07) is 8.44. The molecule has 1 atom stereocenters. The zero-order valence-electron chi connectivity index (χ0n) is 12.1. The van der Waals surface area contributed by atoms with E-state index < -0.39 is 0 Å². The number of thiazole rings is 1. The van der Waals surface area contributed by atoms with Crippen LogP contribution < -0.4 is 10.1 Å². The van der Waals surface area contributed by atoms with Gasteiger partial charge in [-0.3, -0.25) is 4.90 Å². The van der Waals surface area contributed by atoms with Crippen molar-refractivity contribution in [3.63, 3.8) is 0 Å². The minimum Gasteiger partial charge on any atom is -0.485 e. The summed E-state index contributed by atoms with van der Waals surface area (Å²) in [5.41, 5.74) is 1.36. The molecule has 4 rings (SSSR count). The molecule has 0 saturated carbocycles. The van der Waals surface area contributed by atoms with Gasteiger partial charge in [0.2, 0.25) is 0 Å². The largest absolute Gasteiger partial charge is 0.485 e. The molecule has 1 fully saturated rings. The van der Waals surface area contributed by atoms with Crippen LogP contribution in [0.25, 0.3) is 0 Å². The number of aromatic nitrogens is 1. The molecule has 3 heterocycles. The molecule has 2 aliphatic rings. The number of rotatable bonds is 3. The summed E-state index contributed by atoms with van der Waals surface area (Å²) < 4.78 is 6.28. The maximum Gasteiger partial charge on any atom is 0.182 e. The van der Waals surface area contributed by atoms with Crippen molar-refractivity contribution in [2.75, 3.05) is 25.5 Å². The quantitative estimate of drug-likeness (QED) is 0.946. The van der Waals surface area contributed by atoms with E-state index in [1.165, 1.54) is 10.4 Å². The molecule has 1 aromatic heterocycles. The second-order valence-electron chi connectivity index (χ2n) is 5.91. The topological polar surface area (TPSA) is 37.4 Å². The number of fused-ring (bicyclic) bond motifs is 1. The van der Waals surface area contributed by atoms with Crippen LogP contribution in [0.3, 0.4) is 0 Å². The molecule has 2 aromatic rings. The summed E-state index contributed by atoms with van der Waals surface area (Å²) in [4.78, 5) is 8.14. The van der Waals surface area contributed by atoms with Gasteiger partial charge in [0.15, 0.2) is 5.13 Å². The van der Waals surface area contributed by atoms with Crippen molar-refractivity contribution in [2.24, 2.45) is 0 Å². The third kappa shape index (κ3) is 2.40. The normalized spacial score (nSPS) is 24.2. The van der Waals surface area contributed by atoms with E-state index in [0.717, 1.165) is 43.4 Å². The number of ether oxygens (including phenoxy) is 1. The first-order valence-electron chi connectivity index (χ1n) is 7.38. The van der Waals surface area contributed by atoms with Crippen LogP contribution in [0.4, 0.5) is 5.13 Å². The second-order valence-corrected chi connectivity index (χ2v) is 7.03. The third-order valence-electron chi connectivity index (χ3n) is 4.35. The first-order chi connectivity index (χ1) is 10.3. The maximum absolute atomic E-state index is 6.28. The molecule has 5 heteroatoms. The van der Waals surface area contributed by atoms with E-state index >= 15 is 0 Å². The molecule has 0 amide bonds. The minimum atomic E-state index is 0.000209. The molecule has 2 aliphatic heterocycles. The third-order valence-corrected chi connectivity index (χ3v) is 5.35. The molecule has 0 radical (unpaired) electrons. The van der Waals surface area contributed by atoms with Crippen LogP contribution in [0.2, 0.25) is 0 Å². The Labute approximate surface area is 128 Å². The predicted octanol–water partition coefficient (Wildman–Crippen LogP) is 2.76. The van der Waals surface area contributed by atoms with E-state index in [1.54, 1.807) is 11.3 Å². The van der Waals surface area contributed by atoms with Gasteiger partial charge in [0, 0.05) is 50.6 Å². The summed E-state index contributed by atoms with van der Waals surface area (Å²) >= 11 is 1.73. The van der Waals surface area contributed by atoms with Crippen molar-refractivity contribution in [1.29, 1.82) is 0 Å². The lowest BCUT2D eigenvalue weighted by Crippen LogP contribution is -2.37. The molecule has 110 valence electrons. The van der Waals surface area contributed by atoms with Gasteiger partial charge in [-0.15, -0.1) is 11.3 Å². The smallest absolute Gasteiger partial charge is 0.182 e. The van der Waals surface area contributed by atoms with E-state index in [2.05, 4.69) is 39.5 Å². The monoisotopic (exact) mass is 301 g/mol. The van der Waals surface area contributed by atoms with Gasteiger partial charge in [0.25, 0.3) is 0 Å². The number of hydrogen-bond acceptors (Lipinski definition) is 5. The summed E-state index contributed by atoms with van der Waals surface area (Å²) in [6.07, 6.45) is 4.13. The van der Waals surface area contributed by atoms with E-state index in [0.29, 0.717) is 0 Å². The van der Waals surface area contributed by atoms with Crippen LogP contribution in [-0.2, 0) is 13.0 Å². The summed E-state index contributed by atoms with van der Waals surface area (Å²) in [5.74, 6) is 1.08. The average Bonchev–Trinajstić information content (AvgIpc) is 3.18. The van der Waals surface area contributed by atoms with Gasteiger partial charge < -0.3 is 10.1 Å². The highest BCUT2D eigenvalue weighted by molar-refractivity contribution is 7.15. The van der Waals surface area contributed by atoms with Crippen LogP contribution in [0.15, 0.2) is 30.5 Å². The molecule has 1 saturated heterocycles. The van der Waals surface area contributed by atoms with Crippen molar-refractivity contribution in [3.05, 3.63) is 40.9 Å². The standard InChI is InChI=1S/C16H19N3OS/c1-17-15-18-9-13(21-15)10-19-7-6-16(11-19)8-12-4-2-3-5-14(12)20-16/h2-5,9H,6-8,10-11H2,1H3,(H,17,18). The first-order valence-corrected chi connectivity index (χ1v) is 8.20. The lowest BCUT2D eigenvalue weighted by molar-refractivity contribution is 0.101. The van der Waals surface area contributed by atoms with Gasteiger partial charge in [0.05, 0.1) is 0 Å². The van der Waals surface area contributed by atoms with Crippen molar-refractivity contribution in [1.82, 2.24) is 9.88 Å². The Kier molecular flexibility index (Phi) is 3.12. The first kappa shape index (κ1) is 13.1. The second kappa shape index (κ2) is 5.00. The lowest BCUT2D eigenvalue weighted by atomic mass is 9.96. The van der Waals surface area contributed by atoms with E-state index in [9.17, 15) is 0 Å². The predicted molar refractivity (Wildman–Crippen MR) is 85.1 cm³/mol. The highest BCUT2D eigenvalue weighted by atomic mass is 32.1. The van der Waals surface area contributed by atoms with Crippen molar-refractivity contribution >= 4 is 16.5 Å². The Bertz CT molecular complexity index is 629. The zero-order chi connectivity index (χ0) is 14.3. The van der Waals surface area contributed by atoms with Gasteiger partial charge >= 0.3 is 0 Å². The minimum absolute atomic E-state index is 0.000209. The maximum atomic E-state index is 6.28. The summed E-state index contributed by atoms with van der Waals surface area (Å²) in [5, 5.41) is 4.09. The van der Waals surface area contributed by atoms with Crippen molar-refractivity contribution in [3.8, 4) is 5.75 Å². The Morgan fingerprint density at radius 1 is 1.43 bits per heavy atom. The number of hydrogen-bond donors (Lipinski definition) is 1. The van der Waals surface area contributed by atoms with E-state index in [1.807, 2.05) is 13.2 Å². The van der Waals surface area contributed by atoms with Crippen LogP contribution in [0.1, 0.15) is 16.9 Å². The van der Waals surface area contributed by atoms with E-state index in [-0.39, 0.29) is 5.60 Å². The highest BCUT2D eigenvalue weighted by Gasteiger charge is 2.44. The molecular formula is C16H19N3OS. The number of anilines is 1. The molecular weight excluding hydrogens is 282 g/mol. The zero-order valence-corrected chi connectivity index (χ0v) is 12.9.